The maximum atomic E-state index is 13.3. The van der Waals surface area contributed by atoms with Gasteiger partial charge in [0.25, 0.3) is 5.91 Å². The number of halogens is 2. The summed E-state index contributed by atoms with van der Waals surface area (Å²) in [6.07, 6.45) is 1.33. The number of furan rings is 1. The van der Waals surface area contributed by atoms with E-state index in [1.807, 2.05) is 0 Å². The summed E-state index contributed by atoms with van der Waals surface area (Å²) in [6.45, 7) is -0.303. The summed E-state index contributed by atoms with van der Waals surface area (Å²) in [7, 11) is -3.86. The Labute approximate surface area is 154 Å². The van der Waals surface area contributed by atoms with Crippen LogP contribution >= 0.6 is 0 Å². The predicted octanol–water partition coefficient (Wildman–Crippen LogP) is 3.50. The van der Waals surface area contributed by atoms with Crippen molar-refractivity contribution in [2.45, 2.75) is 10.1 Å². The Morgan fingerprint density at radius 1 is 1.00 bits per heavy atom. The first-order valence-electron chi connectivity index (χ1n) is 7.95. The molecular weight excluding hydrogens is 376 g/mol. The summed E-state index contributed by atoms with van der Waals surface area (Å²) in [4.78, 5) is 12.3. The van der Waals surface area contributed by atoms with Gasteiger partial charge >= 0.3 is 0 Å². The molecule has 1 heterocycles. The highest BCUT2D eigenvalue weighted by Gasteiger charge is 2.31. The van der Waals surface area contributed by atoms with Crippen LogP contribution in [-0.4, -0.2) is 20.9 Å². The summed E-state index contributed by atoms with van der Waals surface area (Å²) in [6, 6.07) is 13.5. The van der Waals surface area contributed by atoms with Gasteiger partial charge in [0.1, 0.15) is 11.0 Å². The lowest BCUT2D eigenvalue weighted by Crippen LogP contribution is -2.31. The number of rotatable bonds is 6. The molecule has 0 fully saturated rings. The van der Waals surface area contributed by atoms with Crippen molar-refractivity contribution in [2.75, 3.05) is 6.54 Å². The number of amides is 1. The van der Waals surface area contributed by atoms with E-state index in [0.29, 0.717) is 0 Å². The minimum atomic E-state index is -3.86. The fraction of sp³-hybridized carbons (Fsp3) is 0.105. The number of sulfone groups is 1. The maximum Gasteiger partial charge on any atom is 0.251 e. The molecule has 1 amide bonds. The van der Waals surface area contributed by atoms with Gasteiger partial charge < -0.3 is 9.73 Å². The van der Waals surface area contributed by atoms with Crippen LogP contribution in [0.4, 0.5) is 8.78 Å². The number of hydrogen-bond donors (Lipinski definition) is 1. The van der Waals surface area contributed by atoms with Gasteiger partial charge in [-0.1, -0.05) is 18.2 Å². The van der Waals surface area contributed by atoms with Gasteiger partial charge in [-0.3, -0.25) is 4.79 Å². The van der Waals surface area contributed by atoms with E-state index in [-0.39, 0.29) is 22.8 Å². The molecule has 0 aliphatic rings. The van der Waals surface area contributed by atoms with Crippen LogP contribution < -0.4 is 5.32 Å². The van der Waals surface area contributed by atoms with Crippen molar-refractivity contribution < 1.29 is 26.4 Å². The van der Waals surface area contributed by atoms with Crippen molar-refractivity contribution in [1.82, 2.24) is 5.32 Å². The van der Waals surface area contributed by atoms with Gasteiger partial charge in [0.2, 0.25) is 0 Å². The minimum Gasteiger partial charge on any atom is -0.468 e. The van der Waals surface area contributed by atoms with Gasteiger partial charge in [0, 0.05) is 12.1 Å². The molecule has 3 aromatic rings. The first-order valence-corrected chi connectivity index (χ1v) is 9.50. The lowest BCUT2D eigenvalue weighted by molar-refractivity contribution is 0.0952. The second-order valence-electron chi connectivity index (χ2n) is 5.70. The second-order valence-corrected chi connectivity index (χ2v) is 7.83. The van der Waals surface area contributed by atoms with Crippen LogP contribution in [-0.2, 0) is 9.84 Å². The minimum absolute atomic E-state index is 0.0773. The second kappa shape index (κ2) is 7.71. The molecule has 1 atom stereocenters. The molecule has 0 aliphatic carbocycles. The van der Waals surface area contributed by atoms with E-state index in [1.54, 1.807) is 24.3 Å². The van der Waals surface area contributed by atoms with Crippen LogP contribution in [0.2, 0.25) is 0 Å². The van der Waals surface area contributed by atoms with Gasteiger partial charge in [-0.2, -0.15) is 0 Å². The normalized spacial score (nSPS) is 12.5. The van der Waals surface area contributed by atoms with Crippen LogP contribution in [0.1, 0.15) is 21.4 Å². The molecule has 0 spiro atoms. The maximum absolute atomic E-state index is 13.3. The lowest BCUT2D eigenvalue weighted by Gasteiger charge is -2.16. The molecule has 0 radical (unpaired) electrons. The molecule has 0 saturated heterocycles. The topological polar surface area (TPSA) is 76.4 Å². The summed E-state index contributed by atoms with van der Waals surface area (Å²) in [5.41, 5.74) is -0.121. The zero-order valence-electron chi connectivity index (χ0n) is 13.9. The molecule has 8 heteroatoms. The van der Waals surface area contributed by atoms with Crippen LogP contribution in [0.3, 0.4) is 0 Å². The third-order valence-electron chi connectivity index (χ3n) is 3.94. The third-order valence-corrected chi connectivity index (χ3v) is 6.01. The van der Waals surface area contributed by atoms with E-state index in [2.05, 4.69) is 5.32 Å². The van der Waals surface area contributed by atoms with E-state index >= 15 is 0 Å². The molecule has 1 N–H and O–H groups in total. The Balaban J connectivity index is 1.85. The highest BCUT2D eigenvalue weighted by molar-refractivity contribution is 7.91. The van der Waals surface area contributed by atoms with Crippen LogP contribution in [0.5, 0.6) is 0 Å². The van der Waals surface area contributed by atoms with Gasteiger partial charge in [-0.15, -0.1) is 0 Å². The largest absolute Gasteiger partial charge is 0.468 e. The molecule has 1 aromatic heterocycles. The fourth-order valence-electron chi connectivity index (χ4n) is 2.54. The molecule has 5 nitrogen and oxygen atoms in total. The van der Waals surface area contributed by atoms with Crippen molar-refractivity contribution in [3.8, 4) is 0 Å². The van der Waals surface area contributed by atoms with E-state index in [1.165, 1.54) is 24.5 Å². The number of benzene rings is 2. The van der Waals surface area contributed by atoms with Crippen molar-refractivity contribution in [2.24, 2.45) is 0 Å². The highest BCUT2D eigenvalue weighted by atomic mass is 32.2. The summed E-state index contributed by atoms with van der Waals surface area (Å²) in [5.74, 6) is -2.81. The SMILES string of the molecule is O=C(NC[C@@H](c1ccco1)S(=O)(=O)c1ccccc1)c1ccc(F)c(F)c1. The smallest absolute Gasteiger partial charge is 0.251 e. The van der Waals surface area contributed by atoms with E-state index in [4.69, 9.17) is 4.42 Å². The molecule has 27 heavy (non-hydrogen) atoms. The molecule has 0 aliphatic heterocycles. The molecule has 3 rings (SSSR count). The zero-order chi connectivity index (χ0) is 19.4. The van der Waals surface area contributed by atoms with Crippen molar-refractivity contribution in [3.63, 3.8) is 0 Å². The number of hydrogen-bond acceptors (Lipinski definition) is 4. The predicted molar refractivity (Wildman–Crippen MR) is 93.8 cm³/mol. The first kappa shape index (κ1) is 18.8. The quantitative estimate of drug-likeness (QED) is 0.698. The Morgan fingerprint density at radius 3 is 2.37 bits per heavy atom. The fourth-order valence-corrected chi connectivity index (χ4v) is 4.14. The molecule has 140 valence electrons. The van der Waals surface area contributed by atoms with Crippen molar-refractivity contribution in [1.29, 1.82) is 0 Å². The van der Waals surface area contributed by atoms with Crippen LogP contribution in [0.25, 0.3) is 0 Å². The van der Waals surface area contributed by atoms with Crippen molar-refractivity contribution in [3.05, 3.63) is 89.9 Å². The van der Waals surface area contributed by atoms with E-state index < -0.39 is 32.6 Å². The highest BCUT2D eigenvalue weighted by Crippen LogP contribution is 2.28. The summed E-state index contributed by atoms with van der Waals surface area (Å²) >= 11 is 0. The summed E-state index contributed by atoms with van der Waals surface area (Å²) < 4.78 is 57.5. The van der Waals surface area contributed by atoms with Gasteiger partial charge in [-0.25, -0.2) is 17.2 Å². The molecule has 0 bridgehead atoms. The lowest BCUT2D eigenvalue weighted by atomic mass is 10.2. The average Bonchev–Trinajstić information content (AvgIpc) is 3.19. The zero-order valence-corrected chi connectivity index (χ0v) is 14.7. The van der Waals surface area contributed by atoms with Crippen LogP contribution in [0.15, 0.2) is 76.2 Å². The van der Waals surface area contributed by atoms with E-state index in [0.717, 1.165) is 18.2 Å². The molecule has 0 unspecified atom stereocenters. The Morgan fingerprint density at radius 2 is 1.74 bits per heavy atom. The Bertz CT molecular complexity index is 1030. The molecule has 0 saturated carbocycles. The van der Waals surface area contributed by atoms with Crippen LogP contribution in [0, 0.1) is 11.6 Å². The van der Waals surface area contributed by atoms with Gasteiger partial charge in [0.15, 0.2) is 21.5 Å². The molecular formula is C19H15F2NO4S. The first-order chi connectivity index (χ1) is 12.9. The Kier molecular flexibility index (Phi) is 5.36. The summed E-state index contributed by atoms with van der Waals surface area (Å²) in [5, 5.41) is 1.27. The number of carbonyl (C=O) groups is 1. The van der Waals surface area contributed by atoms with E-state index in [9.17, 15) is 22.0 Å². The Hall–Kier alpha value is -3.00. The monoisotopic (exact) mass is 391 g/mol. The van der Waals surface area contributed by atoms with Gasteiger partial charge in [-0.05, 0) is 42.5 Å². The number of carbonyl (C=O) groups excluding carboxylic acids is 1. The average molecular weight is 391 g/mol. The van der Waals surface area contributed by atoms with Gasteiger partial charge in [0.05, 0.1) is 11.2 Å². The van der Waals surface area contributed by atoms with Crippen molar-refractivity contribution >= 4 is 15.7 Å². The molecule has 2 aromatic carbocycles. The third kappa shape index (κ3) is 4.06. The standard InChI is InChI=1S/C19H15F2NO4S/c20-15-9-8-13(11-16(15)21)19(23)22-12-18(17-7-4-10-26-17)27(24,25)14-5-2-1-3-6-14/h1-11,18H,12H2,(H,22,23)/t18-/m0/s1. The number of nitrogens with one attached hydrogen (secondary N) is 1.